The Balaban J connectivity index is 2.72. The van der Waals surface area contributed by atoms with Crippen LogP contribution in [-0.4, -0.2) is 26.2 Å². The van der Waals surface area contributed by atoms with Crippen LogP contribution in [0.5, 0.6) is 0 Å². The maximum atomic E-state index is 12.3. The third kappa shape index (κ3) is 2.97. The maximum absolute atomic E-state index is 12.3. The number of terminal acetylenes is 1. The second-order valence-electron chi connectivity index (χ2n) is 5.18. The van der Waals surface area contributed by atoms with Crippen LogP contribution in [0.25, 0.3) is 0 Å². The molecule has 6 nitrogen and oxygen atoms in total. The van der Waals surface area contributed by atoms with E-state index in [4.69, 9.17) is 21.6 Å². The fraction of sp³-hybridized carbons (Fsp3) is 0.222. The molecule has 0 saturated carbocycles. The summed E-state index contributed by atoms with van der Waals surface area (Å²) in [5.41, 5.74) is 8.18. The number of carbonyl (C=O) groups is 2. The predicted octanol–water partition coefficient (Wildman–Crippen LogP) is 1.14. The van der Waals surface area contributed by atoms with Gasteiger partial charge in [-0.2, -0.15) is 0 Å². The number of nitrogens with two attached hydrogens (primary N) is 1. The number of dihydropyridines is 1. The summed E-state index contributed by atoms with van der Waals surface area (Å²) in [4.78, 5) is 24.6. The van der Waals surface area contributed by atoms with Crippen LogP contribution in [0.15, 0.2) is 46.9 Å². The predicted molar refractivity (Wildman–Crippen MR) is 88.2 cm³/mol. The number of hydrogen-bond acceptors (Lipinski definition) is 6. The fourth-order valence-electron chi connectivity index (χ4n) is 2.71. The Kier molecular flexibility index (Phi) is 4.95. The van der Waals surface area contributed by atoms with Gasteiger partial charge in [0, 0.05) is 11.3 Å². The van der Waals surface area contributed by atoms with Crippen LogP contribution >= 0.6 is 0 Å². The van der Waals surface area contributed by atoms with Gasteiger partial charge in [-0.15, -0.1) is 6.42 Å². The Morgan fingerprint density at radius 2 is 1.83 bits per heavy atom. The van der Waals surface area contributed by atoms with E-state index in [1.54, 1.807) is 31.2 Å². The van der Waals surface area contributed by atoms with Crippen LogP contribution in [0.1, 0.15) is 24.0 Å². The quantitative estimate of drug-likeness (QED) is 0.639. The summed E-state index contributed by atoms with van der Waals surface area (Å²) in [6.07, 6.45) is 5.45. The van der Waals surface area contributed by atoms with Gasteiger partial charge in [0.05, 0.1) is 31.3 Å². The van der Waals surface area contributed by atoms with Crippen molar-refractivity contribution in [1.82, 2.24) is 5.32 Å². The summed E-state index contributed by atoms with van der Waals surface area (Å²) in [7, 11) is 2.53. The smallest absolute Gasteiger partial charge is 0.338 e. The Bertz CT molecular complexity index is 761. The van der Waals surface area contributed by atoms with Crippen molar-refractivity contribution in [2.75, 3.05) is 14.2 Å². The molecule has 2 rings (SSSR count). The topological polar surface area (TPSA) is 90.6 Å². The van der Waals surface area contributed by atoms with Gasteiger partial charge in [-0.3, -0.25) is 0 Å². The number of benzene rings is 1. The first kappa shape index (κ1) is 17.2. The molecule has 3 N–H and O–H groups in total. The molecule has 0 fully saturated rings. The van der Waals surface area contributed by atoms with Crippen LogP contribution in [0.3, 0.4) is 0 Å². The minimum atomic E-state index is -0.737. The molecule has 0 saturated heterocycles. The molecule has 1 aromatic rings. The Labute approximate surface area is 140 Å². The molecular formula is C18H18N2O4. The van der Waals surface area contributed by atoms with Gasteiger partial charge < -0.3 is 20.5 Å². The van der Waals surface area contributed by atoms with Gasteiger partial charge in [-0.25, -0.2) is 9.59 Å². The minimum absolute atomic E-state index is 0.128. The standard InChI is InChI=1S/C18H18N2O4/c1-5-11-7-6-8-12(9-11)14-13(17(21)23-3)10(2)20-16(19)15(14)18(22)24-4/h1,6-9,14,20H,19H2,2-4H3. The van der Waals surface area contributed by atoms with E-state index in [-0.39, 0.29) is 17.0 Å². The zero-order valence-corrected chi connectivity index (χ0v) is 13.7. The van der Waals surface area contributed by atoms with E-state index in [1.165, 1.54) is 14.2 Å². The van der Waals surface area contributed by atoms with Gasteiger partial charge >= 0.3 is 11.9 Å². The lowest BCUT2D eigenvalue weighted by molar-refractivity contribution is -0.137. The van der Waals surface area contributed by atoms with Crippen molar-refractivity contribution in [3.63, 3.8) is 0 Å². The zero-order valence-electron chi connectivity index (χ0n) is 13.7. The van der Waals surface area contributed by atoms with E-state index in [0.29, 0.717) is 16.8 Å². The van der Waals surface area contributed by atoms with E-state index >= 15 is 0 Å². The molecule has 1 aliphatic heterocycles. The van der Waals surface area contributed by atoms with Crippen molar-refractivity contribution >= 4 is 11.9 Å². The van der Waals surface area contributed by atoms with Crippen molar-refractivity contribution < 1.29 is 19.1 Å². The molecule has 0 aromatic heterocycles. The van der Waals surface area contributed by atoms with E-state index in [2.05, 4.69) is 11.2 Å². The summed E-state index contributed by atoms with van der Waals surface area (Å²) in [5.74, 6) is 0.726. The summed E-state index contributed by atoms with van der Waals surface area (Å²) < 4.78 is 9.71. The van der Waals surface area contributed by atoms with Gasteiger partial charge in [-0.1, -0.05) is 18.1 Å². The first-order valence-corrected chi connectivity index (χ1v) is 7.15. The minimum Gasteiger partial charge on any atom is -0.466 e. The second-order valence-corrected chi connectivity index (χ2v) is 5.18. The van der Waals surface area contributed by atoms with Crippen molar-refractivity contribution in [2.24, 2.45) is 5.73 Å². The van der Waals surface area contributed by atoms with Gasteiger partial charge in [0.2, 0.25) is 0 Å². The molecule has 1 aromatic carbocycles. The summed E-state index contributed by atoms with van der Waals surface area (Å²) >= 11 is 0. The van der Waals surface area contributed by atoms with Crippen molar-refractivity contribution in [3.8, 4) is 12.3 Å². The highest BCUT2D eigenvalue weighted by molar-refractivity contribution is 5.99. The third-order valence-corrected chi connectivity index (χ3v) is 3.79. The van der Waals surface area contributed by atoms with E-state index in [1.807, 2.05) is 0 Å². The molecule has 0 radical (unpaired) electrons. The molecular weight excluding hydrogens is 308 g/mol. The van der Waals surface area contributed by atoms with E-state index in [0.717, 1.165) is 0 Å². The summed E-state index contributed by atoms with van der Waals surface area (Å²) in [6, 6.07) is 7.00. The number of ether oxygens (including phenoxy) is 2. The average Bonchev–Trinajstić information content (AvgIpc) is 2.59. The molecule has 0 aliphatic carbocycles. The summed E-state index contributed by atoms with van der Waals surface area (Å²) in [6.45, 7) is 1.69. The van der Waals surface area contributed by atoms with Crippen LogP contribution in [0.2, 0.25) is 0 Å². The van der Waals surface area contributed by atoms with Gasteiger partial charge in [0.1, 0.15) is 5.82 Å². The molecule has 0 bridgehead atoms. The average molecular weight is 326 g/mol. The number of hydrogen-bond donors (Lipinski definition) is 2. The second kappa shape index (κ2) is 6.92. The third-order valence-electron chi connectivity index (χ3n) is 3.79. The lowest BCUT2D eigenvalue weighted by Gasteiger charge is -2.29. The van der Waals surface area contributed by atoms with Crippen molar-refractivity contribution in [3.05, 3.63) is 58.1 Å². The van der Waals surface area contributed by atoms with Crippen molar-refractivity contribution in [1.29, 1.82) is 0 Å². The highest BCUT2D eigenvalue weighted by Crippen LogP contribution is 2.38. The lowest BCUT2D eigenvalue weighted by Crippen LogP contribution is -2.35. The van der Waals surface area contributed by atoms with Crippen LogP contribution < -0.4 is 11.1 Å². The van der Waals surface area contributed by atoms with Gasteiger partial charge in [-0.05, 0) is 24.6 Å². The highest BCUT2D eigenvalue weighted by Gasteiger charge is 2.38. The molecule has 1 heterocycles. The SMILES string of the molecule is C#Cc1cccc(C2C(C(=O)OC)=C(C)NC(N)=C2C(=O)OC)c1. The lowest BCUT2D eigenvalue weighted by atomic mass is 9.81. The first-order valence-electron chi connectivity index (χ1n) is 7.15. The Morgan fingerprint density at radius 1 is 1.21 bits per heavy atom. The molecule has 0 amide bonds. The van der Waals surface area contributed by atoms with Crippen molar-refractivity contribution in [2.45, 2.75) is 12.8 Å². The molecule has 1 atom stereocenters. The monoisotopic (exact) mass is 326 g/mol. The Hall–Kier alpha value is -3.20. The van der Waals surface area contributed by atoms with Crippen LogP contribution in [0.4, 0.5) is 0 Å². The number of esters is 2. The zero-order chi connectivity index (χ0) is 17.9. The van der Waals surface area contributed by atoms with Crippen LogP contribution in [0, 0.1) is 12.3 Å². The normalized spacial score (nSPS) is 17.0. The molecule has 1 aliphatic rings. The van der Waals surface area contributed by atoms with Gasteiger partial charge in [0.15, 0.2) is 0 Å². The molecule has 6 heteroatoms. The largest absolute Gasteiger partial charge is 0.466 e. The Morgan fingerprint density at radius 3 is 2.42 bits per heavy atom. The van der Waals surface area contributed by atoms with E-state index < -0.39 is 17.9 Å². The number of carbonyl (C=O) groups excluding carboxylic acids is 2. The number of allylic oxidation sites excluding steroid dienone is 1. The number of nitrogens with one attached hydrogen (secondary N) is 1. The first-order chi connectivity index (χ1) is 11.4. The number of methoxy groups -OCH3 is 2. The van der Waals surface area contributed by atoms with Crippen LogP contribution in [-0.2, 0) is 19.1 Å². The number of rotatable bonds is 3. The molecule has 0 spiro atoms. The molecule has 124 valence electrons. The van der Waals surface area contributed by atoms with E-state index in [9.17, 15) is 9.59 Å². The fourth-order valence-corrected chi connectivity index (χ4v) is 2.71. The molecule has 24 heavy (non-hydrogen) atoms. The molecule has 1 unspecified atom stereocenters. The summed E-state index contributed by atoms with van der Waals surface area (Å²) in [5, 5.41) is 2.83. The highest BCUT2D eigenvalue weighted by atomic mass is 16.5. The maximum Gasteiger partial charge on any atom is 0.338 e. The van der Waals surface area contributed by atoms with Gasteiger partial charge in [0.25, 0.3) is 0 Å².